The van der Waals surface area contributed by atoms with Crippen LogP contribution in [0.2, 0.25) is 0 Å². The molecule has 4 nitrogen and oxygen atoms in total. The zero-order valence-electron chi connectivity index (χ0n) is 12.3. The minimum absolute atomic E-state index is 0. The van der Waals surface area contributed by atoms with Crippen molar-refractivity contribution in [2.75, 3.05) is 6.54 Å². The van der Waals surface area contributed by atoms with Crippen LogP contribution in [-0.4, -0.2) is 24.1 Å². The van der Waals surface area contributed by atoms with Gasteiger partial charge in [-0.05, 0) is 50.8 Å². The van der Waals surface area contributed by atoms with E-state index in [1.807, 2.05) is 31.2 Å². The number of benzene rings is 1. The average Bonchev–Trinajstić information content (AvgIpc) is 3.23. The second kappa shape index (κ2) is 7.47. The molecule has 3 N–H and O–H groups in total. The molecule has 1 fully saturated rings. The van der Waals surface area contributed by atoms with Gasteiger partial charge in [-0.25, -0.2) is 0 Å². The molecule has 1 aromatic carbocycles. The number of hydrogen-bond donors (Lipinski definition) is 2. The topological polar surface area (TPSA) is 64.3 Å². The molecule has 1 aromatic rings. The highest BCUT2D eigenvalue weighted by atomic mass is 79.9. The summed E-state index contributed by atoms with van der Waals surface area (Å²) in [6, 6.07) is 7.46. The van der Waals surface area contributed by atoms with Crippen molar-refractivity contribution in [2.24, 2.45) is 11.7 Å². The normalized spacial score (nSPS) is 18.1. The lowest BCUT2D eigenvalue weighted by Gasteiger charge is -2.31. The zero-order valence-corrected chi connectivity index (χ0v) is 14.7. The molecule has 6 heteroatoms. The summed E-state index contributed by atoms with van der Waals surface area (Å²) in [6.45, 7) is 4.21. The van der Waals surface area contributed by atoms with Crippen molar-refractivity contribution in [3.63, 3.8) is 0 Å². The Morgan fingerprint density at radius 3 is 2.76 bits per heavy atom. The van der Waals surface area contributed by atoms with Crippen LogP contribution in [0.5, 0.6) is 5.75 Å². The number of nitrogens with one attached hydrogen (secondary N) is 1. The van der Waals surface area contributed by atoms with Gasteiger partial charge in [0.2, 0.25) is 0 Å². The lowest BCUT2D eigenvalue weighted by atomic mass is 9.95. The molecule has 118 valence electrons. The molecule has 1 amide bonds. The lowest BCUT2D eigenvalue weighted by Crippen LogP contribution is -2.56. The molecule has 2 atom stereocenters. The van der Waals surface area contributed by atoms with Crippen molar-refractivity contribution in [1.82, 2.24) is 5.32 Å². The first-order valence-electron chi connectivity index (χ1n) is 6.89. The first-order chi connectivity index (χ1) is 9.44. The van der Waals surface area contributed by atoms with Gasteiger partial charge in [-0.1, -0.05) is 22.0 Å². The van der Waals surface area contributed by atoms with E-state index in [-0.39, 0.29) is 23.9 Å². The van der Waals surface area contributed by atoms with E-state index >= 15 is 0 Å². The van der Waals surface area contributed by atoms with Crippen LogP contribution in [0.3, 0.4) is 0 Å². The van der Waals surface area contributed by atoms with Crippen LogP contribution in [-0.2, 0) is 4.79 Å². The number of carbonyl (C=O) groups excluding carboxylic acids is 1. The highest BCUT2D eigenvalue weighted by molar-refractivity contribution is 9.10. The van der Waals surface area contributed by atoms with Crippen molar-refractivity contribution in [1.29, 1.82) is 0 Å². The summed E-state index contributed by atoms with van der Waals surface area (Å²) in [6.07, 6.45) is 1.72. The first-order valence-corrected chi connectivity index (χ1v) is 7.68. The van der Waals surface area contributed by atoms with Crippen molar-refractivity contribution >= 4 is 34.2 Å². The molecule has 0 radical (unpaired) electrons. The Bertz CT molecular complexity index is 496. The third-order valence-corrected chi connectivity index (χ3v) is 4.28. The maximum atomic E-state index is 12.2. The van der Waals surface area contributed by atoms with Crippen molar-refractivity contribution in [3.8, 4) is 5.75 Å². The van der Waals surface area contributed by atoms with E-state index in [1.54, 1.807) is 6.92 Å². The van der Waals surface area contributed by atoms with E-state index in [0.29, 0.717) is 18.2 Å². The standard InChI is InChI=1S/C15H21BrN2O2.ClH/c1-10(20-13-5-3-4-12(16)8-13)14(19)18-15(2,9-17)11-6-7-11;/h3-5,8,10-11H,6-7,9,17H2,1-2H3,(H,18,19);1H. The molecule has 0 aliphatic heterocycles. The maximum Gasteiger partial charge on any atom is 0.261 e. The van der Waals surface area contributed by atoms with E-state index in [0.717, 1.165) is 17.3 Å². The molecule has 1 aliphatic rings. The average molecular weight is 378 g/mol. The number of ether oxygens (including phenoxy) is 1. The quantitative estimate of drug-likeness (QED) is 0.801. The van der Waals surface area contributed by atoms with Gasteiger partial charge in [0, 0.05) is 11.0 Å². The van der Waals surface area contributed by atoms with Crippen LogP contribution in [0, 0.1) is 5.92 Å². The third-order valence-electron chi connectivity index (χ3n) is 3.79. The number of carbonyl (C=O) groups is 1. The Hall–Kier alpha value is -0.780. The van der Waals surface area contributed by atoms with Gasteiger partial charge in [-0.2, -0.15) is 0 Å². The van der Waals surface area contributed by atoms with Gasteiger partial charge in [0.25, 0.3) is 5.91 Å². The van der Waals surface area contributed by atoms with E-state index in [1.165, 1.54) is 0 Å². The molecule has 1 saturated carbocycles. The maximum absolute atomic E-state index is 12.2. The summed E-state index contributed by atoms with van der Waals surface area (Å²) in [7, 11) is 0. The van der Waals surface area contributed by atoms with Crippen molar-refractivity contribution in [3.05, 3.63) is 28.7 Å². The zero-order chi connectivity index (χ0) is 14.8. The van der Waals surface area contributed by atoms with Gasteiger partial charge < -0.3 is 15.8 Å². The van der Waals surface area contributed by atoms with Crippen LogP contribution in [0.4, 0.5) is 0 Å². The van der Waals surface area contributed by atoms with Gasteiger partial charge in [-0.3, -0.25) is 4.79 Å². The van der Waals surface area contributed by atoms with Crippen LogP contribution >= 0.6 is 28.3 Å². The van der Waals surface area contributed by atoms with Gasteiger partial charge in [0.1, 0.15) is 5.75 Å². The molecule has 0 spiro atoms. The Kier molecular flexibility index (Phi) is 6.50. The van der Waals surface area contributed by atoms with E-state index in [4.69, 9.17) is 10.5 Å². The Balaban J connectivity index is 0.00000220. The van der Waals surface area contributed by atoms with Crippen molar-refractivity contribution < 1.29 is 9.53 Å². The summed E-state index contributed by atoms with van der Waals surface area (Å²) in [5, 5.41) is 3.04. The Morgan fingerprint density at radius 1 is 1.57 bits per heavy atom. The first kappa shape index (κ1) is 18.3. The van der Waals surface area contributed by atoms with Gasteiger partial charge in [0.05, 0.1) is 5.54 Å². The summed E-state index contributed by atoms with van der Waals surface area (Å²) in [5.41, 5.74) is 5.49. The Morgan fingerprint density at radius 2 is 2.24 bits per heavy atom. The summed E-state index contributed by atoms with van der Waals surface area (Å²) in [5.74, 6) is 1.04. The van der Waals surface area contributed by atoms with Crippen molar-refractivity contribution in [2.45, 2.75) is 38.3 Å². The minimum Gasteiger partial charge on any atom is -0.481 e. The minimum atomic E-state index is -0.547. The van der Waals surface area contributed by atoms with Crippen LogP contribution in [0.15, 0.2) is 28.7 Å². The highest BCUT2D eigenvalue weighted by Gasteiger charge is 2.42. The molecule has 2 unspecified atom stereocenters. The monoisotopic (exact) mass is 376 g/mol. The molecular formula is C15H22BrClN2O2. The fraction of sp³-hybridized carbons (Fsp3) is 0.533. The number of rotatable bonds is 6. The summed E-state index contributed by atoms with van der Waals surface area (Å²) >= 11 is 3.38. The van der Waals surface area contributed by atoms with Crippen LogP contribution < -0.4 is 15.8 Å². The predicted molar refractivity (Wildman–Crippen MR) is 89.8 cm³/mol. The predicted octanol–water partition coefficient (Wildman–Crippen LogP) is 2.88. The van der Waals surface area contributed by atoms with E-state index < -0.39 is 6.10 Å². The Labute approximate surface area is 140 Å². The van der Waals surface area contributed by atoms with Crippen LogP contribution in [0.25, 0.3) is 0 Å². The second-order valence-electron chi connectivity index (χ2n) is 5.60. The fourth-order valence-electron chi connectivity index (χ4n) is 2.22. The second-order valence-corrected chi connectivity index (χ2v) is 6.52. The lowest BCUT2D eigenvalue weighted by molar-refractivity contribution is -0.129. The summed E-state index contributed by atoms with van der Waals surface area (Å²) in [4.78, 5) is 12.2. The molecular weight excluding hydrogens is 356 g/mol. The number of amides is 1. The van der Waals surface area contributed by atoms with E-state index in [9.17, 15) is 4.79 Å². The third kappa shape index (κ3) is 4.87. The largest absolute Gasteiger partial charge is 0.481 e. The molecule has 0 saturated heterocycles. The molecule has 0 bridgehead atoms. The number of nitrogens with two attached hydrogens (primary N) is 1. The van der Waals surface area contributed by atoms with Gasteiger partial charge in [0.15, 0.2) is 6.10 Å². The highest BCUT2D eigenvalue weighted by Crippen LogP contribution is 2.39. The fourth-order valence-corrected chi connectivity index (χ4v) is 2.60. The molecule has 0 aromatic heterocycles. The van der Waals surface area contributed by atoms with Crippen LogP contribution in [0.1, 0.15) is 26.7 Å². The van der Waals surface area contributed by atoms with Gasteiger partial charge >= 0.3 is 0 Å². The SMILES string of the molecule is CC(Oc1cccc(Br)c1)C(=O)NC(C)(CN)C1CC1.Cl. The smallest absolute Gasteiger partial charge is 0.261 e. The summed E-state index contributed by atoms with van der Waals surface area (Å²) < 4.78 is 6.59. The molecule has 21 heavy (non-hydrogen) atoms. The number of halogens is 2. The molecule has 1 aliphatic carbocycles. The number of hydrogen-bond acceptors (Lipinski definition) is 3. The molecule has 0 heterocycles. The van der Waals surface area contributed by atoms with Gasteiger partial charge in [-0.15, -0.1) is 12.4 Å². The van der Waals surface area contributed by atoms with E-state index in [2.05, 4.69) is 21.2 Å². The molecule has 2 rings (SSSR count).